The van der Waals surface area contributed by atoms with Gasteiger partial charge in [-0.05, 0) is 37.5 Å². The van der Waals surface area contributed by atoms with Gasteiger partial charge in [0, 0.05) is 11.0 Å². The number of hydrogen-bond acceptors (Lipinski definition) is 2. The van der Waals surface area contributed by atoms with Crippen LogP contribution in [0.15, 0.2) is 48.5 Å². The van der Waals surface area contributed by atoms with Gasteiger partial charge in [-0.2, -0.15) is 0 Å². The number of fused-ring (bicyclic) bond motifs is 1. The van der Waals surface area contributed by atoms with Crippen molar-refractivity contribution in [1.82, 2.24) is 0 Å². The highest BCUT2D eigenvalue weighted by atomic mass is 16.4. The molecule has 1 aliphatic rings. The number of aromatic carboxylic acids is 1. The quantitative estimate of drug-likeness (QED) is 0.869. The molecule has 3 rings (SSSR count). The fourth-order valence-electron chi connectivity index (χ4n) is 3.75. The second kappa shape index (κ2) is 4.87. The van der Waals surface area contributed by atoms with E-state index in [-0.39, 0.29) is 11.0 Å². The van der Waals surface area contributed by atoms with Crippen LogP contribution in [-0.2, 0) is 5.41 Å². The summed E-state index contributed by atoms with van der Waals surface area (Å²) in [6, 6.07) is 15.9. The van der Waals surface area contributed by atoms with E-state index in [4.69, 9.17) is 0 Å². The monoisotopic (exact) mass is 295 g/mol. The lowest BCUT2D eigenvalue weighted by Crippen LogP contribution is -2.45. The van der Waals surface area contributed by atoms with Crippen molar-refractivity contribution in [2.75, 3.05) is 5.32 Å². The molecule has 0 unspecified atom stereocenters. The molecule has 1 atom stereocenters. The van der Waals surface area contributed by atoms with Crippen LogP contribution in [0.5, 0.6) is 0 Å². The Hall–Kier alpha value is -2.29. The number of carbonyl (C=O) groups is 1. The summed E-state index contributed by atoms with van der Waals surface area (Å²) < 4.78 is 0. The van der Waals surface area contributed by atoms with Crippen LogP contribution in [0, 0.1) is 0 Å². The van der Waals surface area contributed by atoms with E-state index in [9.17, 15) is 9.90 Å². The molecule has 2 aromatic carbocycles. The molecule has 114 valence electrons. The van der Waals surface area contributed by atoms with Crippen LogP contribution < -0.4 is 5.32 Å². The van der Waals surface area contributed by atoms with Crippen molar-refractivity contribution in [2.45, 2.75) is 38.1 Å². The SMILES string of the molecule is CC1(C)C[C@@](C)(c2ccccc2)c2cccc(C(=O)O)c2N1. The van der Waals surface area contributed by atoms with Gasteiger partial charge in [0.2, 0.25) is 0 Å². The zero-order valence-corrected chi connectivity index (χ0v) is 13.2. The highest BCUT2D eigenvalue weighted by Crippen LogP contribution is 2.48. The van der Waals surface area contributed by atoms with Gasteiger partial charge in [0.05, 0.1) is 11.3 Å². The first-order chi connectivity index (χ1) is 10.3. The Bertz CT molecular complexity index is 721. The molecule has 0 amide bonds. The zero-order valence-electron chi connectivity index (χ0n) is 13.2. The molecular weight excluding hydrogens is 274 g/mol. The van der Waals surface area contributed by atoms with Crippen LogP contribution >= 0.6 is 0 Å². The normalized spacial score (nSPS) is 22.5. The first-order valence-corrected chi connectivity index (χ1v) is 7.54. The summed E-state index contributed by atoms with van der Waals surface area (Å²) in [6.07, 6.45) is 0.903. The van der Waals surface area contributed by atoms with Gasteiger partial charge in [0.15, 0.2) is 0 Å². The smallest absolute Gasteiger partial charge is 0.337 e. The second-order valence-electron chi connectivity index (χ2n) is 6.92. The molecule has 0 aliphatic carbocycles. The van der Waals surface area contributed by atoms with E-state index in [0.29, 0.717) is 5.56 Å². The predicted octanol–water partition coefficient (Wildman–Crippen LogP) is 4.29. The van der Waals surface area contributed by atoms with Gasteiger partial charge in [0.1, 0.15) is 0 Å². The number of para-hydroxylation sites is 1. The first-order valence-electron chi connectivity index (χ1n) is 7.54. The second-order valence-corrected chi connectivity index (χ2v) is 6.92. The molecule has 2 aromatic rings. The van der Waals surface area contributed by atoms with Gasteiger partial charge < -0.3 is 10.4 Å². The minimum absolute atomic E-state index is 0.177. The van der Waals surface area contributed by atoms with Gasteiger partial charge in [-0.1, -0.05) is 49.4 Å². The average molecular weight is 295 g/mol. The summed E-state index contributed by atoms with van der Waals surface area (Å²) in [7, 11) is 0. The molecule has 0 spiro atoms. The molecule has 22 heavy (non-hydrogen) atoms. The molecule has 0 fully saturated rings. The van der Waals surface area contributed by atoms with Crippen molar-refractivity contribution in [1.29, 1.82) is 0 Å². The minimum atomic E-state index is -0.891. The standard InChI is InChI=1S/C19H21NO2/c1-18(2)12-19(3,13-8-5-4-6-9-13)15-11-7-10-14(17(21)22)16(15)20-18/h4-11,20H,12H2,1-3H3,(H,21,22)/t19-/m0/s1. The van der Waals surface area contributed by atoms with Crippen LogP contribution in [0.1, 0.15) is 48.7 Å². The van der Waals surface area contributed by atoms with Crippen molar-refractivity contribution >= 4 is 11.7 Å². The van der Waals surface area contributed by atoms with Crippen molar-refractivity contribution in [3.63, 3.8) is 0 Å². The molecule has 0 saturated heterocycles. The van der Waals surface area contributed by atoms with Crippen molar-refractivity contribution in [3.05, 3.63) is 65.2 Å². The molecule has 0 aromatic heterocycles. The van der Waals surface area contributed by atoms with Crippen molar-refractivity contribution in [3.8, 4) is 0 Å². The maximum Gasteiger partial charge on any atom is 0.337 e. The third-order valence-corrected chi connectivity index (χ3v) is 4.56. The number of carboxylic acids is 1. The summed E-state index contributed by atoms with van der Waals surface area (Å²) in [6.45, 7) is 6.45. The van der Waals surface area contributed by atoms with Crippen molar-refractivity contribution < 1.29 is 9.90 Å². The number of hydrogen-bond donors (Lipinski definition) is 2. The number of benzene rings is 2. The fourth-order valence-corrected chi connectivity index (χ4v) is 3.75. The predicted molar refractivity (Wildman–Crippen MR) is 88.6 cm³/mol. The van der Waals surface area contributed by atoms with E-state index in [0.717, 1.165) is 17.7 Å². The van der Waals surface area contributed by atoms with Crippen molar-refractivity contribution in [2.24, 2.45) is 0 Å². The lowest BCUT2D eigenvalue weighted by molar-refractivity contribution is 0.0697. The maximum atomic E-state index is 11.6. The fraction of sp³-hybridized carbons (Fsp3) is 0.316. The topological polar surface area (TPSA) is 49.3 Å². The molecule has 3 nitrogen and oxygen atoms in total. The number of anilines is 1. The molecule has 2 N–H and O–H groups in total. The number of carboxylic acid groups (broad SMARTS) is 1. The Morgan fingerprint density at radius 2 is 1.73 bits per heavy atom. The average Bonchev–Trinajstić information content (AvgIpc) is 2.46. The molecule has 0 radical (unpaired) electrons. The highest BCUT2D eigenvalue weighted by Gasteiger charge is 2.42. The molecule has 0 saturated carbocycles. The molecule has 3 heteroatoms. The lowest BCUT2D eigenvalue weighted by Gasteiger charge is -2.46. The van der Waals surface area contributed by atoms with Crippen LogP contribution in [-0.4, -0.2) is 16.6 Å². The first kappa shape index (κ1) is 14.6. The number of rotatable bonds is 2. The van der Waals surface area contributed by atoms with Crippen LogP contribution in [0.3, 0.4) is 0 Å². The van der Waals surface area contributed by atoms with Crippen LogP contribution in [0.4, 0.5) is 5.69 Å². The lowest BCUT2D eigenvalue weighted by atomic mass is 9.65. The molecule has 1 heterocycles. The third-order valence-electron chi connectivity index (χ3n) is 4.56. The van der Waals surface area contributed by atoms with Gasteiger partial charge in [-0.3, -0.25) is 0 Å². The van der Waals surface area contributed by atoms with Gasteiger partial charge >= 0.3 is 5.97 Å². The van der Waals surface area contributed by atoms with E-state index in [1.54, 1.807) is 6.07 Å². The molecule has 0 bridgehead atoms. The van der Waals surface area contributed by atoms with E-state index < -0.39 is 5.97 Å². The van der Waals surface area contributed by atoms with Crippen LogP contribution in [0.2, 0.25) is 0 Å². The Morgan fingerprint density at radius 3 is 2.36 bits per heavy atom. The van der Waals surface area contributed by atoms with E-state index in [2.05, 4.69) is 38.2 Å². The Morgan fingerprint density at radius 1 is 1.05 bits per heavy atom. The van der Waals surface area contributed by atoms with Gasteiger partial charge in [-0.25, -0.2) is 4.79 Å². The highest BCUT2D eigenvalue weighted by molar-refractivity contribution is 5.96. The number of nitrogens with one attached hydrogen (secondary N) is 1. The van der Waals surface area contributed by atoms with Crippen LogP contribution in [0.25, 0.3) is 0 Å². The summed E-state index contributed by atoms with van der Waals surface area (Å²) in [5, 5.41) is 12.9. The summed E-state index contributed by atoms with van der Waals surface area (Å²) in [5.41, 5.74) is 2.97. The van der Waals surface area contributed by atoms with Gasteiger partial charge in [-0.15, -0.1) is 0 Å². The Kier molecular flexibility index (Phi) is 3.24. The van der Waals surface area contributed by atoms with Gasteiger partial charge in [0.25, 0.3) is 0 Å². The van der Waals surface area contributed by atoms with E-state index in [1.165, 1.54) is 5.56 Å². The Balaban J connectivity index is 2.28. The largest absolute Gasteiger partial charge is 0.478 e. The summed E-state index contributed by atoms with van der Waals surface area (Å²) in [4.78, 5) is 11.6. The summed E-state index contributed by atoms with van der Waals surface area (Å²) >= 11 is 0. The maximum absolute atomic E-state index is 11.6. The minimum Gasteiger partial charge on any atom is -0.478 e. The summed E-state index contributed by atoms with van der Waals surface area (Å²) in [5.74, 6) is -0.891. The third kappa shape index (κ3) is 2.27. The van der Waals surface area contributed by atoms with E-state index >= 15 is 0 Å². The zero-order chi connectivity index (χ0) is 16.0. The molecular formula is C19H21NO2. The molecule has 1 aliphatic heterocycles. The Labute approximate surface area is 131 Å². The van der Waals surface area contributed by atoms with E-state index in [1.807, 2.05) is 30.3 Å².